The van der Waals surface area contributed by atoms with E-state index in [1.54, 1.807) is 24.2 Å². The van der Waals surface area contributed by atoms with Crippen molar-refractivity contribution in [2.24, 2.45) is 0 Å². The Kier molecular flexibility index (Phi) is 12.5. The van der Waals surface area contributed by atoms with Crippen LogP contribution in [0.4, 0.5) is 23.5 Å². The van der Waals surface area contributed by atoms with Crippen LogP contribution in [0.1, 0.15) is 51.4 Å². The van der Waals surface area contributed by atoms with Crippen molar-refractivity contribution in [2.75, 3.05) is 22.1 Å². The number of aliphatic hydroxyl groups excluding tert-OH is 2. The van der Waals surface area contributed by atoms with Crippen LogP contribution in [-0.2, 0) is 0 Å². The van der Waals surface area contributed by atoms with E-state index in [0.29, 0.717) is 15.9 Å². The molecule has 2 fully saturated rings. The smallest absolute Gasteiger partial charge is 0.221 e. The fourth-order valence-electron chi connectivity index (χ4n) is 5.33. The van der Waals surface area contributed by atoms with Crippen LogP contribution < -0.4 is 22.1 Å². The highest BCUT2D eigenvalue weighted by Gasteiger charge is 2.25. The number of hydrogen-bond acceptors (Lipinski definition) is 12. The predicted octanol–water partition coefficient (Wildman–Crippen LogP) is 7.16. The van der Waals surface area contributed by atoms with E-state index in [2.05, 4.69) is 30.6 Å². The normalized spacial score (nSPS) is 21.1. The molecule has 2 aliphatic carbocycles. The Hall–Kier alpha value is -3.00. The molecule has 0 aliphatic heterocycles. The van der Waals surface area contributed by atoms with Crippen LogP contribution in [-0.4, -0.2) is 54.4 Å². The third kappa shape index (κ3) is 10.2. The lowest BCUT2D eigenvalue weighted by Gasteiger charge is -2.29. The number of nitrogens with two attached hydrogens (primary N) is 2. The summed E-state index contributed by atoms with van der Waals surface area (Å²) in [6.07, 6.45) is 10.4. The molecule has 0 radical (unpaired) electrons. The van der Waals surface area contributed by atoms with E-state index in [1.807, 2.05) is 48.5 Å². The van der Waals surface area contributed by atoms with Crippen molar-refractivity contribution in [1.29, 1.82) is 0 Å². The third-order valence-electron chi connectivity index (χ3n) is 7.67. The molecule has 2 aliphatic rings. The van der Waals surface area contributed by atoms with E-state index in [1.165, 1.54) is 11.8 Å². The van der Waals surface area contributed by atoms with Gasteiger partial charge in [-0.15, -0.1) is 0 Å². The molecule has 0 unspecified atom stereocenters. The summed E-state index contributed by atoms with van der Waals surface area (Å²) in [5, 5.41) is 28.1. The number of anilines is 4. The standard InChI is InChI=1S/2C16H19ClN4OS/c17-10-4-6-13(7-5-10)23-14-9-19-16(18)21-15(14)20-11-2-1-3-12(22)8-11;17-10-5-7-11(8-6-10)23-14-9-19-16(18)21-15(14)20-12-3-1-2-4-13(12)22/h4-7,9,11-12,22H,1-3,8H2,(H3,18,19,20,21);5-9,12-13,22H,1-4H2,(H3,18,19,20,21)/t11-,12+;12-,13+/m01/s1. The highest BCUT2D eigenvalue weighted by molar-refractivity contribution is 7.99. The summed E-state index contributed by atoms with van der Waals surface area (Å²) in [5.74, 6) is 1.85. The molecule has 46 heavy (non-hydrogen) atoms. The number of halogens is 2. The summed E-state index contributed by atoms with van der Waals surface area (Å²) in [6.45, 7) is 0. The first-order chi connectivity index (χ1) is 22.2. The van der Waals surface area contributed by atoms with Gasteiger partial charge in [-0.3, -0.25) is 0 Å². The number of nitrogens with one attached hydrogen (secondary N) is 2. The van der Waals surface area contributed by atoms with E-state index in [0.717, 1.165) is 76.8 Å². The Bertz CT molecular complexity index is 1570. The van der Waals surface area contributed by atoms with Gasteiger partial charge in [-0.1, -0.05) is 59.6 Å². The van der Waals surface area contributed by atoms with Crippen LogP contribution in [0.2, 0.25) is 10.0 Å². The van der Waals surface area contributed by atoms with Crippen LogP contribution in [0, 0.1) is 0 Å². The van der Waals surface area contributed by atoms with Crippen molar-refractivity contribution >= 4 is 70.3 Å². The Balaban J connectivity index is 0.000000181. The average molecular weight is 702 g/mol. The summed E-state index contributed by atoms with van der Waals surface area (Å²) in [7, 11) is 0. The molecule has 2 saturated carbocycles. The van der Waals surface area contributed by atoms with Gasteiger partial charge in [0.1, 0.15) is 11.6 Å². The van der Waals surface area contributed by atoms with Crippen LogP contribution >= 0.6 is 46.7 Å². The van der Waals surface area contributed by atoms with Gasteiger partial charge in [0.2, 0.25) is 11.9 Å². The third-order valence-corrected chi connectivity index (χ3v) is 10.2. The van der Waals surface area contributed by atoms with Crippen molar-refractivity contribution in [3.8, 4) is 0 Å². The molecule has 4 atom stereocenters. The lowest BCUT2D eigenvalue weighted by atomic mass is 9.93. The second-order valence-corrected chi connectivity index (χ2v) is 14.4. The molecule has 2 heterocycles. The minimum atomic E-state index is -0.353. The Morgan fingerprint density at radius 3 is 1.72 bits per heavy atom. The van der Waals surface area contributed by atoms with Crippen LogP contribution in [0.15, 0.2) is 80.5 Å². The Morgan fingerprint density at radius 2 is 1.20 bits per heavy atom. The molecular weight excluding hydrogens is 663 g/mol. The number of benzene rings is 2. The summed E-state index contributed by atoms with van der Waals surface area (Å²) in [6, 6.07) is 15.4. The number of rotatable bonds is 8. The van der Waals surface area contributed by atoms with Gasteiger partial charge in [0.05, 0.1) is 28.0 Å². The zero-order chi connectivity index (χ0) is 32.5. The van der Waals surface area contributed by atoms with Crippen molar-refractivity contribution < 1.29 is 10.2 Å². The highest BCUT2D eigenvalue weighted by Crippen LogP contribution is 2.36. The minimum Gasteiger partial charge on any atom is -0.393 e. The molecule has 4 aromatic rings. The topological polar surface area (TPSA) is 168 Å². The van der Waals surface area contributed by atoms with Crippen molar-refractivity contribution in [1.82, 2.24) is 19.9 Å². The lowest BCUT2D eigenvalue weighted by molar-refractivity contribution is 0.116. The summed E-state index contributed by atoms with van der Waals surface area (Å²) in [5.41, 5.74) is 11.5. The summed E-state index contributed by atoms with van der Waals surface area (Å²) >= 11 is 14.9. The van der Waals surface area contributed by atoms with Gasteiger partial charge in [-0.05, 0) is 87.1 Å². The molecule has 0 amide bonds. The number of aliphatic hydroxyl groups is 2. The average Bonchev–Trinajstić information content (AvgIpc) is 3.03. The number of nitrogens with zero attached hydrogens (tertiary/aromatic N) is 4. The van der Waals surface area contributed by atoms with Gasteiger partial charge in [0, 0.05) is 38.3 Å². The van der Waals surface area contributed by atoms with Gasteiger partial charge >= 0.3 is 0 Å². The first kappa shape index (κ1) is 34.3. The molecular formula is C32H38Cl2N8O2S2. The fraction of sp³-hybridized carbons (Fsp3) is 0.375. The molecule has 6 rings (SSSR count). The van der Waals surface area contributed by atoms with Crippen LogP contribution in [0.5, 0.6) is 0 Å². The molecule has 2 aromatic carbocycles. The zero-order valence-corrected chi connectivity index (χ0v) is 28.3. The summed E-state index contributed by atoms with van der Waals surface area (Å²) in [4.78, 5) is 20.7. The van der Waals surface area contributed by atoms with Crippen molar-refractivity contribution in [3.05, 3.63) is 71.0 Å². The molecule has 8 N–H and O–H groups in total. The molecule has 244 valence electrons. The van der Waals surface area contributed by atoms with Gasteiger partial charge < -0.3 is 32.3 Å². The molecule has 0 spiro atoms. The van der Waals surface area contributed by atoms with Crippen LogP contribution in [0.3, 0.4) is 0 Å². The monoisotopic (exact) mass is 700 g/mol. The molecule has 0 saturated heterocycles. The number of nitrogen functional groups attached to an aromatic ring is 2. The van der Waals surface area contributed by atoms with E-state index in [-0.39, 0.29) is 36.2 Å². The second-order valence-electron chi connectivity index (χ2n) is 11.3. The second kappa shape index (κ2) is 16.7. The molecule has 2 aromatic heterocycles. The summed E-state index contributed by atoms with van der Waals surface area (Å²) < 4.78 is 0. The predicted molar refractivity (Wildman–Crippen MR) is 188 cm³/mol. The largest absolute Gasteiger partial charge is 0.393 e. The van der Waals surface area contributed by atoms with Gasteiger partial charge in [0.25, 0.3) is 0 Å². The lowest BCUT2D eigenvalue weighted by Crippen LogP contribution is -2.36. The Labute approximate surface area is 287 Å². The molecule has 0 bridgehead atoms. The van der Waals surface area contributed by atoms with E-state index >= 15 is 0 Å². The van der Waals surface area contributed by atoms with E-state index in [9.17, 15) is 10.2 Å². The maximum absolute atomic E-state index is 10.2. The first-order valence-electron chi connectivity index (χ1n) is 15.2. The maximum atomic E-state index is 10.2. The quantitative estimate of drug-likeness (QED) is 0.110. The number of hydrogen-bond donors (Lipinski definition) is 6. The maximum Gasteiger partial charge on any atom is 0.221 e. The first-order valence-corrected chi connectivity index (χ1v) is 17.6. The molecule has 10 nitrogen and oxygen atoms in total. The SMILES string of the molecule is Nc1ncc(Sc2ccc(Cl)cc2)c(N[C@@H]2CCCC[C@@H]2O)n1.Nc1ncc(Sc2ccc(Cl)cc2)c(N[C@H]2CCC[C@@H](O)C2)n1. The minimum absolute atomic E-state index is 0.00242. The highest BCUT2D eigenvalue weighted by atomic mass is 35.5. The van der Waals surface area contributed by atoms with Gasteiger partial charge in [0.15, 0.2) is 0 Å². The van der Waals surface area contributed by atoms with E-state index < -0.39 is 0 Å². The van der Waals surface area contributed by atoms with Crippen LogP contribution in [0.25, 0.3) is 0 Å². The Morgan fingerprint density at radius 1 is 0.674 bits per heavy atom. The zero-order valence-electron chi connectivity index (χ0n) is 25.2. The van der Waals surface area contributed by atoms with Gasteiger partial charge in [-0.25, -0.2) is 9.97 Å². The number of aromatic nitrogens is 4. The van der Waals surface area contributed by atoms with Gasteiger partial charge in [-0.2, -0.15) is 9.97 Å². The van der Waals surface area contributed by atoms with Crippen molar-refractivity contribution in [2.45, 2.75) is 95.2 Å². The van der Waals surface area contributed by atoms with Crippen molar-refractivity contribution in [3.63, 3.8) is 0 Å². The molecule has 14 heteroatoms. The fourth-order valence-corrected chi connectivity index (χ4v) is 7.25. The van der Waals surface area contributed by atoms with E-state index in [4.69, 9.17) is 34.7 Å².